The Morgan fingerprint density at radius 2 is 2.40 bits per heavy atom. The van der Waals surface area contributed by atoms with Crippen LogP contribution in [0, 0.1) is 0 Å². The van der Waals surface area contributed by atoms with Crippen LogP contribution in [-0.4, -0.2) is 12.7 Å². The third-order valence-corrected chi connectivity index (χ3v) is 1.40. The van der Waals surface area contributed by atoms with Gasteiger partial charge in [-0.3, -0.25) is 0 Å². The predicted molar refractivity (Wildman–Crippen MR) is 42.8 cm³/mol. The minimum atomic E-state index is 0.267. The van der Waals surface area contributed by atoms with Crippen molar-refractivity contribution in [2.24, 2.45) is 0 Å². The summed E-state index contributed by atoms with van der Waals surface area (Å²) >= 11 is 0. The van der Waals surface area contributed by atoms with Gasteiger partial charge in [-0.05, 0) is 6.42 Å². The highest BCUT2D eigenvalue weighted by Crippen LogP contribution is 2.06. The van der Waals surface area contributed by atoms with Crippen LogP contribution in [0.4, 0.5) is 0 Å². The molecule has 0 amide bonds. The van der Waals surface area contributed by atoms with E-state index >= 15 is 0 Å². The lowest BCUT2D eigenvalue weighted by atomic mass is 10.2. The molecule has 1 nitrogen and oxygen atoms in total. The summed E-state index contributed by atoms with van der Waals surface area (Å²) in [6.45, 7) is 4.33. The van der Waals surface area contributed by atoms with Crippen molar-refractivity contribution >= 4 is 0 Å². The van der Waals surface area contributed by atoms with Crippen LogP contribution >= 0.6 is 0 Å². The van der Waals surface area contributed by atoms with E-state index in [-0.39, 0.29) is 6.10 Å². The fraction of sp³-hybridized carbons (Fsp3) is 0.333. The Balaban J connectivity index is 2.34. The van der Waals surface area contributed by atoms with Gasteiger partial charge in [0.2, 0.25) is 0 Å². The molecule has 0 fully saturated rings. The van der Waals surface area contributed by atoms with E-state index in [0.717, 1.165) is 13.0 Å². The third-order valence-electron chi connectivity index (χ3n) is 1.40. The molecule has 0 saturated heterocycles. The van der Waals surface area contributed by atoms with Gasteiger partial charge in [0.1, 0.15) is 0 Å². The summed E-state index contributed by atoms with van der Waals surface area (Å²) in [5, 5.41) is 0. The molecule has 1 rings (SSSR count). The second-order valence-corrected chi connectivity index (χ2v) is 2.20. The normalized spacial score (nSPS) is 25.4. The second-order valence-electron chi connectivity index (χ2n) is 2.20. The van der Waals surface area contributed by atoms with Crippen molar-refractivity contribution in [3.63, 3.8) is 0 Å². The lowest BCUT2D eigenvalue weighted by Gasteiger charge is -2.13. The van der Waals surface area contributed by atoms with Crippen LogP contribution in [0.3, 0.4) is 0 Å². The first-order valence-corrected chi connectivity index (χ1v) is 3.49. The first-order valence-electron chi connectivity index (χ1n) is 3.49. The zero-order chi connectivity index (χ0) is 7.23. The first kappa shape index (κ1) is 7.29. The molecule has 1 heteroatoms. The van der Waals surface area contributed by atoms with Gasteiger partial charge in [-0.25, -0.2) is 0 Å². The Morgan fingerprint density at radius 1 is 1.50 bits per heavy atom. The molecule has 10 heavy (non-hydrogen) atoms. The molecule has 1 heterocycles. The number of hydrogen-bond donors (Lipinski definition) is 0. The quantitative estimate of drug-likeness (QED) is 0.417. The van der Waals surface area contributed by atoms with E-state index in [1.807, 2.05) is 18.2 Å². The van der Waals surface area contributed by atoms with E-state index in [0.29, 0.717) is 0 Å². The zero-order valence-electron chi connectivity index (χ0n) is 5.99. The average molecular weight is 136 g/mol. The predicted octanol–water partition coefficient (Wildman–Crippen LogP) is 2.07. The molecule has 0 unspecified atom stereocenters. The van der Waals surface area contributed by atoms with Gasteiger partial charge in [-0.2, -0.15) is 0 Å². The molecule has 1 aliphatic heterocycles. The highest BCUT2D eigenvalue weighted by molar-refractivity contribution is 5.04. The summed E-state index contributed by atoms with van der Waals surface area (Å²) in [6, 6.07) is 0. The molecule has 54 valence electrons. The molecule has 0 N–H and O–H groups in total. The standard InChI is InChI=1S/C9H12O/c1-2-3-6-9-7-4-5-8-10-9/h2-6,9H,1,7-8H2/b6-3+/t9-/m1/s1. The molecule has 0 aromatic heterocycles. The van der Waals surface area contributed by atoms with Crippen molar-refractivity contribution in [3.8, 4) is 0 Å². The molecule has 1 atom stereocenters. The van der Waals surface area contributed by atoms with E-state index in [2.05, 4.69) is 12.7 Å². The van der Waals surface area contributed by atoms with Crippen molar-refractivity contribution in [2.45, 2.75) is 12.5 Å². The SMILES string of the molecule is C=C/C=C/[C@@H]1CC=CCO1. The Hall–Kier alpha value is -0.820. The van der Waals surface area contributed by atoms with Gasteiger partial charge >= 0.3 is 0 Å². The maximum atomic E-state index is 5.36. The van der Waals surface area contributed by atoms with E-state index in [4.69, 9.17) is 4.74 Å². The van der Waals surface area contributed by atoms with E-state index in [1.54, 1.807) is 6.08 Å². The number of allylic oxidation sites excluding steroid dienone is 2. The summed E-state index contributed by atoms with van der Waals surface area (Å²) in [5.41, 5.74) is 0. The van der Waals surface area contributed by atoms with Crippen LogP contribution in [-0.2, 0) is 4.74 Å². The average Bonchev–Trinajstić information content (AvgIpc) is 2.03. The number of ether oxygens (including phenoxy) is 1. The first-order chi connectivity index (χ1) is 4.93. The van der Waals surface area contributed by atoms with Crippen LogP contribution in [0.1, 0.15) is 6.42 Å². The number of rotatable bonds is 2. The summed E-state index contributed by atoms with van der Waals surface area (Å²) in [6.07, 6.45) is 11.1. The molecular weight excluding hydrogens is 124 g/mol. The Bertz CT molecular complexity index is 156. The molecule has 0 bridgehead atoms. The van der Waals surface area contributed by atoms with Crippen molar-refractivity contribution in [3.05, 3.63) is 37.0 Å². The molecule has 1 aliphatic rings. The molecule has 0 spiro atoms. The minimum absolute atomic E-state index is 0.267. The monoisotopic (exact) mass is 136 g/mol. The third kappa shape index (κ3) is 2.19. The van der Waals surface area contributed by atoms with Gasteiger partial charge in [0.25, 0.3) is 0 Å². The Kier molecular flexibility index (Phi) is 2.97. The molecule has 0 radical (unpaired) electrons. The van der Waals surface area contributed by atoms with Crippen molar-refractivity contribution in [1.82, 2.24) is 0 Å². The van der Waals surface area contributed by atoms with Gasteiger partial charge in [0, 0.05) is 0 Å². The van der Waals surface area contributed by atoms with Crippen LogP contribution in [0.15, 0.2) is 37.0 Å². The van der Waals surface area contributed by atoms with Gasteiger partial charge in [-0.15, -0.1) is 0 Å². The molecule has 0 saturated carbocycles. The maximum Gasteiger partial charge on any atom is 0.0797 e. The van der Waals surface area contributed by atoms with Crippen LogP contribution < -0.4 is 0 Å². The van der Waals surface area contributed by atoms with Gasteiger partial charge in [-0.1, -0.05) is 37.0 Å². The number of hydrogen-bond acceptors (Lipinski definition) is 1. The molecule has 0 aromatic carbocycles. The van der Waals surface area contributed by atoms with Crippen molar-refractivity contribution in [1.29, 1.82) is 0 Å². The van der Waals surface area contributed by atoms with E-state index in [1.165, 1.54) is 0 Å². The summed E-state index contributed by atoms with van der Waals surface area (Å²) in [7, 11) is 0. The molecular formula is C9H12O. The topological polar surface area (TPSA) is 9.23 Å². The van der Waals surface area contributed by atoms with Crippen molar-refractivity contribution < 1.29 is 4.74 Å². The van der Waals surface area contributed by atoms with Crippen LogP contribution in [0.5, 0.6) is 0 Å². The fourth-order valence-electron chi connectivity index (χ4n) is 0.882. The van der Waals surface area contributed by atoms with Gasteiger partial charge in [0.05, 0.1) is 12.7 Å². The Labute approximate surface area is 61.7 Å². The Morgan fingerprint density at radius 3 is 3.00 bits per heavy atom. The van der Waals surface area contributed by atoms with Gasteiger partial charge in [0.15, 0.2) is 0 Å². The lowest BCUT2D eigenvalue weighted by Crippen LogP contribution is -2.12. The highest BCUT2D eigenvalue weighted by Gasteiger charge is 2.03. The maximum absolute atomic E-state index is 5.36. The largest absolute Gasteiger partial charge is 0.370 e. The van der Waals surface area contributed by atoms with Crippen LogP contribution in [0.2, 0.25) is 0 Å². The van der Waals surface area contributed by atoms with Crippen molar-refractivity contribution in [2.75, 3.05) is 6.61 Å². The summed E-state index contributed by atoms with van der Waals surface area (Å²) in [5.74, 6) is 0. The van der Waals surface area contributed by atoms with Crippen LogP contribution in [0.25, 0.3) is 0 Å². The zero-order valence-corrected chi connectivity index (χ0v) is 5.99. The molecule has 0 aliphatic carbocycles. The van der Waals surface area contributed by atoms with E-state index in [9.17, 15) is 0 Å². The minimum Gasteiger partial charge on any atom is -0.370 e. The lowest BCUT2D eigenvalue weighted by molar-refractivity contribution is 0.103. The summed E-state index contributed by atoms with van der Waals surface area (Å²) < 4.78 is 5.36. The summed E-state index contributed by atoms with van der Waals surface area (Å²) in [4.78, 5) is 0. The van der Waals surface area contributed by atoms with E-state index < -0.39 is 0 Å². The highest BCUT2D eigenvalue weighted by atomic mass is 16.5. The second kappa shape index (κ2) is 4.07. The van der Waals surface area contributed by atoms with Gasteiger partial charge < -0.3 is 4.74 Å². The smallest absolute Gasteiger partial charge is 0.0797 e. The fourth-order valence-corrected chi connectivity index (χ4v) is 0.882. The molecule has 0 aromatic rings.